The number of hydrogen-bond donors (Lipinski definition) is 2. The van der Waals surface area contributed by atoms with Crippen molar-refractivity contribution in [3.8, 4) is 5.75 Å². The van der Waals surface area contributed by atoms with Gasteiger partial charge in [-0.3, -0.25) is 9.82 Å². The number of hydrogen-bond acceptors (Lipinski definition) is 4. The van der Waals surface area contributed by atoms with Crippen LogP contribution in [0.2, 0.25) is 0 Å². The molecule has 1 heterocycles. The van der Waals surface area contributed by atoms with Crippen LogP contribution in [0.3, 0.4) is 0 Å². The molecule has 0 amide bonds. The third-order valence-electron chi connectivity index (χ3n) is 2.09. The van der Waals surface area contributed by atoms with Crippen LogP contribution in [0.1, 0.15) is 0 Å². The van der Waals surface area contributed by atoms with Crippen LogP contribution in [-0.2, 0) is 10.0 Å². The molecule has 102 valence electrons. The Labute approximate surface area is 107 Å². The van der Waals surface area contributed by atoms with Gasteiger partial charge in [0.25, 0.3) is 10.0 Å². The summed E-state index contributed by atoms with van der Waals surface area (Å²) in [6.45, 7) is -2.97. The molecule has 0 saturated heterocycles. The fraction of sp³-hybridized carbons (Fsp3) is 0.100. The second kappa shape index (κ2) is 5.22. The molecule has 0 aliphatic heterocycles. The SMILES string of the molecule is O=S(=O)(Nc1cccc(OC(F)F)c1)c1cn[nH]c1. The summed E-state index contributed by atoms with van der Waals surface area (Å²) in [6.07, 6.45) is 2.32. The molecular weight excluding hydrogens is 280 g/mol. The fourth-order valence-electron chi connectivity index (χ4n) is 1.34. The summed E-state index contributed by atoms with van der Waals surface area (Å²) in [4.78, 5) is -0.0623. The minimum absolute atomic E-state index is 0.0623. The Morgan fingerprint density at radius 3 is 2.79 bits per heavy atom. The summed E-state index contributed by atoms with van der Waals surface area (Å²) in [6, 6.07) is 5.26. The smallest absolute Gasteiger partial charge is 0.387 e. The molecule has 2 rings (SSSR count). The summed E-state index contributed by atoms with van der Waals surface area (Å²) in [5.41, 5.74) is 0.111. The maximum Gasteiger partial charge on any atom is 0.387 e. The molecule has 1 aromatic heterocycles. The van der Waals surface area contributed by atoms with E-state index in [9.17, 15) is 17.2 Å². The Morgan fingerprint density at radius 2 is 2.16 bits per heavy atom. The second-order valence-corrected chi connectivity index (χ2v) is 5.13. The maximum absolute atomic E-state index is 12.0. The van der Waals surface area contributed by atoms with E-state index in [-0.39, 0.29) is 16.3 Å². The summed E-state index contributed by atoms with van der Waals surface area (Å²) in [5, 5.41) is 5.89. The first kappa shape index (κ1) is 13.3. The zero-order chi connectivity index (χ0) is 13.9. The van der Waals surface area contributed by atoms with Gasteiger partial charge in [-0.05, 0) is 12.1 Å². The second-order valence-electron chi connectivity index (χ2n) is 3.45. The zero-order valence-electron chi connectivity index (χ0n) is 9.38. The van der Waals surface area contributed by atoms with Crippen molar-refractivity contribution in [1.29, 1.82) is 0 Å². The van der Waals surface area contributed by atoms with E-state index in [0.717, 1.165) is 12.3 Å². The molecule has 0 radical (unpaired) electrons. The van der Waals surface area contributed by atoms with Crippen LogP contribution in [0.25, 0.3) is 0 Å². The average molecular weight is 289 g/mol. The molecule has 0 aliphatic carbocycles. The van der Waals surface area contributed by atoms with Gasteiger partial charge in [0.2, 0.25) is 0 Å². The van der Waals surface area contributed by atoms with E-state index in [1.165, 1.54) is 24.4 Å². The predicted molar refractivity (Wildman–Crippen MR) is 62.5 cm³/mol. The monoisotopic (exact) mass is 289 g/mol. The van der Waals surface area contributed by atoms with Crippen LogP contribution >= 0.6 is 0 Å². The number of anilines is 1. The molecule has 2 N–H and O–H groups in total. The van der Waals surface area contributed by atoms with Crippen molar-refractivity contribution in [1.82, 2.24) is 10.2 Å². The Bertz CT molecular complexity index is 644. The average Bonchev–Trinajstić information content (AvgIpc) is 2.81. The van der Waals surface area contributed by atoms with E-state index in [1.807, 2.05) is 0 Å². The number of rotatable bonds is 5. The van der Waals surface area contributed by atoms with Gasteiger partial charge >= 0.3 is 6.61 Å². The van der Waals surface area contributed by atoms with Crippen LogP contribution < -0.4 is 9.46 Å². The number of halogens is 2. The van der Waals surface area contributed by atoms with Gasteiger partial charge in [0.05, 0.1) is 11.9 Å². The molecule has 0 atom stereocenters. The summed E-state index contributed by atoms with van der Waals surface area (Å²) >= 11 is 0. The van der Waals surface area contributed by atoms with Crippen molar-refractivity contribution >= 4 is 15.7 Å². The van der Waals surface area contributed by atoms with Gasteiger partial charge < -0.3 is 4.74 Å². The highest BCUT2D eigenvalue weighted by Crippen LogP contribution is 2.21. The van der Waals surface area contributed by atoms with Crippen LogP contribution in [0.5, 0.6) is 5.75 Å². The largest absolute Gasteiger partial charge is 0.435 e. The molecule has 0 saturated carbocycles. The zero-order valence-corrected chi connectivity index (χ0v) is 10.2. The van der Waals surface area contributed by atoms with Gasteiger partial charge in [-0.15, -0.1) is 0 Å². The third kappa shape index (κ3) is 3.41. The number of aromatic amines is 1. The normalized spacial score (nSPS) is 11.5. The molecule has 6 nitrogen and oxygen atoms in total. The van der Waals surface area contributed by atoms with Gasteiger partial charge in [-0.2, -0.15) is 13.9 Å². The lowest BCUT2D eigenvalue weighted by Gasteiger charge is -2.08. The van der Waals surface area contributed by atoms with Crippen LogP contribution in [0.4, 0.5) is 14.5 Å². The molecule has 19 heavy (non-hydrogen) atoms. The van der Waals surface area contributed by atoms with E-state index in [0.29, 0.717) is 0 Å². The Kier molecular flexibility index (Phi) is 3.65. The van der Waals surface area contributed by atoms with Gasteiger partial charge in [-0.1, -0.05) is 6.07 Å². The summed E-state index contributed by atoms with van der Waals surface area (Å²) in [7, 11) is -3.80. The topological polar surface area (TPSA) is 84.1 Å². The quantitative estimate of drug-likeness (QED) is 0.879. The molecule has 0 bridgehead atoms. The lowest BCUT2D eigenvalue weighted by molar-refractivity contribution is -0.0497. The van der Waals surface area contributed by atoms with E-state index >= 15 is 0 Å². The molecule has 1 aromatic carbocycles. The fourth-order valence-corrected chi connectivity index (χ4v) is 2.29. The lowest BCUT2D eigenvalue weighted by atomic mass is 10.3. The van der Waals surface area contributed by atoms with Crippen LogP contribution in [0.15, 0.2) is 41.6 Å². The maximum atomic E-state index is 12.0. The Morgan fingerprint density at radius 1 is 1.37 bits per heavy atom. The summed E-state index contributed by atoms with van der Waals surface area (Å²) in [5.74, 6) is -0.137. The number of aromatic nitrogens is 2. The van der Waals surface area contributed by atoms with E-state index < -0.39 is 16.6 Å². The number of benzene rings is 1. The number of alkyl halides is 2. The van der Waals surface area contributed by atoms with Crippen molar-refractivity contribution in [2.45, 2.75) is 11.5 Å². The molecular formula is C10H9F2N3O3S. The lowest BCUT2D eigenvalue weighted by Crippen LogP contribution is -2.12. The highest BCUT2D eigenvalue weighted by atomic mass is 32.2. The molecule has 2 aromatic rings. The number of nitrogens with zero attached hydrogens (tertiary/aromatic N) is 1. The highest BCUT2D eigenvalue weighted by Gasteiger charge is 2.15. The molecule has 0 fully saturated rings. The van der Waals surface area contributed by atoms with Gasteiger partial charge in [-0.25, -0.2) is 8.42 Å². The summed E-state index contributed by atoms with van der Waals surface area (Å²) < 4.78 is 54.1. The van der Waals surface area contributed by atoms with E-state index in [1.54, 1.807) is 0 Å². The molecule has 0 unspecified atom stereocenters. The number of ether oxygens (including phenoxy) is 1. The van der Waals surface area contributed by atoms with Gasteiger partial charge in [0.1, 0.15) is 10.6 Å². The third-order valence-corrected chi connectivity index (χ3v) is 3.44. The first-order valence-electron chi connectivity index (χ1n) is 5.04. The van der Waals surface area contributed by atoms with Crippen molar-refractivity contribution < 1.29 is 21.9 Å². The predicted octanol–water partition coefficient (Wildman–Crippen LogP) is 1.81. The minimum Gasteiger partial charge on any atom is -0.435 e. The molecule has 0 aliphatic rings. The number of sulfonamides is 1. The molecule has 9 heteroatoms. The molecule has 0 spiro atoms. The van der Waals surface area contributed by atoms with E-state index in [4.69, 9.17) is 0 Å². The first-order valence-corrected chi connectivity index (χ1v) is 6.52. The minimum atomic E-state index is -3.80. The Balaban J connectivity index is 2.20. The van der Waals surface area contributed by atoms with Crippen molar-refractivity contribution in [2.75, 3.05) is 4.72 Å². The first-order chi connectivity index (χ1) is 8.97. The van der Waals surface area contributed by atoms with Crippen molar-refractivity contribution in [3.05, 3.63) is 36.7 Å². The van der Waals surface area contributed by atoms with E-state index in [2.05, 4.69) is 19.7 Å². The van der Waals surface area contributed by atoms with Gasteiger partial charge in [0, 0.05) is 12.3 Å². The van der Waals surface area contributed by atoms with Gasteiger partial charge in [0.15, 0.2) is 0 Å². The standard InChI is InChI=1S/C10H9F2N3O3S/c11-10(12)18-8-3-1-2-7(4-8)15-19(16,17)9-5-13-14-6-9/h1-6,10,15H,(H,13,14). The van der Waals surface area contributed by atoms with Crippen LogP contribution in [0, 0.1) is 0 Å². The number of nitrogens with one attached hydrogen (secondary N) is 2. The van der Waals surface area contributed by atoms with Crippen LogP contribution in [-0.4, -0.2) is 25.2 Å². The Hall–Kier alpha value is -2.16. The van der Waals surface area contributed by atoms with Crippen molar-refractivity contribution in [2.24, 2.45) is 0 Å². The van der Waals surface area contributed by atoms with Crippen molar-refractivity contribution in [3.63, 3.8) is 0 Å². The highest BCUT2D eigenvalue weighted by molar-refractivity contribution is 7.92. The number of H-pyrrole nitrogens is 1.